The highest BCUT2D eigenvalue weighted by Crippen LogP contribution is 2.21. The van der Waals surface area contributed by atoms with Crippen molar-refractivity contribution in [3.63, 3.8) is 0 Å². The molecule has 0 aromatic heterocycles. The minimum Gasteiger partial charge on any atom is -0.491 e. The fraction of sp³-hybridized carbons (Fsp3) is 0.625. The standard InChI is InChI=1S/C16H23F2NO2/c1-11(2)8-19-9-14-3-4-15(21-14)10-20-16-6-12(17)5-13(18)7-16/h5-7,11,14-15,19H,3-4,8-10H2,1-2H3. The summed E-state index contributed by atoms with van der Waals surface area (Å²) in [6.07, 6.45) is 2.08. The van der Waals surface area contributed by atoms with Crippen molar-refractivity contribution in [2.75, 3.05) is 19.7 Å². The molecule has 0 bridgehead atoms. The van der Waals surface area contributed by atoms with Crippen molar-refractivity contribution in [1.29, 1.82) is 0 Å². The molecular weight excluding hydrogens is 276 g/mol. The van der Waals surface area contributed by atoms with E-state index < -0.39 is 11.6 Å². The first kappa shape index (κ1) is 16.2. The minimum atomic E-state index is -0.631. The number of hydrogen-bond acceptors (Lipinski definition) is 3. The maximum Gasteiger partial charge on any atom is 0.129 e. The van der Waals surface area contributed by atoms with Crippen LogP contribution in [0.1, 0.15) is 26.7 Å². The molecule has 2 rings (SSSR count). The second kappa shape index (κ2) is 7.71. The zero-order valence-corrected chi connectivity index (χ0v) is 12.6. The average molecular weight is 299 g/mol. The Morgan fingerprint density at radius 2 is 1.86 bits per heavy atom. The fourth-order valence-corrected chi connectivity index (χ4v) is 2.39. The predicted octanol–water partition coefficient (Wildman–Crippen LogP) is 3.14. The summed E-state index contributed by atoms with van der Waals surface area (Å²) in [5.41, 5.74) is 0. The molecule has 0 aliphatic carbocycles. The van der Waals surface area contributed by atoms with Crippen LogP contribution in [0.15, 0.2) is 18.2 Å². The van der Waals surface area contributed by atoms with Crippen LogP contribution in [0.4, 0.5) is 8.78 Å². The quantitative estimate of drug-likeness (QED) is 0.839. The van der Waals surface area contributed by atoms with Gasteiger partial charge in [0, 0.05) is 24.7 Å². The van der Waals surface area contributed by atoms with Crippen LogP contribution in [0.2, 0.25) is 0 Å². The van der Waals surface area contributed by atoms with Crippen LogP contribution in [0.5, 0.6) is 5.75 Å². The topological polar surface area (TPSA) is 30.5 Å². The van der Waals surface area contributed by atoms with Crippen LogP contribution in [-0.4, -0.2) is 31.9 Å². The smallest absolute Gasteiger partial charge is 0.129 e. The molecule has 0 saturated carbocycles. The zero-order valence-electron chi connectivity index (χ0n) is 12.6. The summed E-state index contributed by atoms with van der Waals surface area (Å²) < 4.78 is 37.3. The van der Waals surface area contributed by atoms with E-state index in [2.05, 4.69) is 19.2 Å². The summed E-state index contributed by atoms with van der Waals surface area (Å²) in [7, 11) is 0. The normalized spacial score (nSPS) is 22.0. The molecule has 1 aliphatic heterocycles. The van der Waals surface area contributed by atoms with Crippen LogP contribution in [0.3, 0.4) is 0 Å². The molecule has 0 radical (unpaired) electrons. The molecule has 1 aromatic carbocycles. The Morgan fingerprint density at radius 1 is 1.19 bits per heavy atom. The van der Waals surface area contributed by atoms with E-state index in [1.54, 1.807) is 0 Å². The molecule has 0 amide bonds. The van der Waals surface area contributed by atoms with Crippen LogP contribution in [-0.2, 0) is 4.74 Å². The van der Waals surface area contributed by atoms with E-state index in [0.29, 0.717) is 12.5 Å². The van der Waals surface area contributed by atoms with Gasteiger partial charge in [-0.1, -0.05) is 13.8 Å². The van der Waals surface area contributed by atoms with Gasteiger partial charge < -0.3 is 14.8 Å². The first-order chi connectivity index (χ1) is 10.0. The van der Waals surface area contributed by atoms with Crippen molar-refractivity contribution >= 4 is 0 Å². The summed E-state index contributed by atoms with van der Waals surface area (Å²) in [6.45, 7) is 6.46. The van der Waals surface area contributed by atoms with Crippen LogP contribution >= 0.6 is 0 Å². The number of benzene rings is 1. The summed E-state index contributed by atoms with van der Waals surface area (Å²) in [4.78, 5) is 0. The van der Waals surface area contributed by atoms with E-state index in [-0.39, 0.29) is 18.0 Å². The molecule has 2 unspecified atom stereocenters. The van der Waals surface area contributed by atoms with Crippen molar-refractivity contribution in [2.24, 2.45) is 5.92 Å². The van der Waals surface area contributed by atoms with E-state index in [4.69, 9.17) is 9.47 Å². The molecule has 1 N–H and O–H groups in total. The van der Waals surface area contributed by atoms with Crippen LogP contribution in [0, 0.1) is 17.6 Å². The van der Waals surface area contributed by atoms with Gasteiger partial charge in [-0.2, -0.15) is 0 Å². The second-order valence-corrected chi connectivity index (χ2v) is 5.93. The molecule has 21 heavy (non-hydrogen) atoms. The maximum absolute atomic E-state index is 13.0. The van der Waals surface area contributed by atoms with Gasteiger partial charge in [-0.25, -0.2) is 8.78 Å². The molecule has 1 saturated heterocycles. The second-order valence-electron chi connectivity index (χ2n) is 5.93. The number of hydrogen-bond donors (Lipinski definition) is 1. The number of rotatable bonds is 7. The van der Waals surface area contributed by atoms with Crippen LogP contribution in [0.25, 0.3) is 0 Å². The fourth-order valence-electron chi connectivity index (χ4n) is 2.39. The molecule has 3 nitrogen and oxygen atoms in total. The Balaban J connectivity index is 1.70. The lowest BCUT2D eigenvalue weighted by molar-refractivity contribution is 0.0182. The molecule has 1 fully saturated rings. The summed E-state index contributed by atoms with van der Waals surface area (Å²) in [5.74, 6) is -0.438. The number of ether oxygens (including phenoxy) is 2. The number of halogens is 2. The van der Waals surface area contributed by atoms with E-state index in [1.807, 2.05) is 0 Å². The Hall–Kier alpha value is -1.20. The largest absolute Gasteiger partial charge is 0.491 e. The Morgan fingerprint density at radius 3 is 2.52 bits per heavy atom. The summed E-state index contributed by atoms with van der Waals surface area (Å²) >= 11 is 0. The van der Waals surface area contributed by atoms with Crippen molar-refractivity contribution in [3.8, 4) is 5.75 Å². The van der Waals surface area contributed by atoms with E-state index >= 15 is 0 Å². The van der Waals surface area contributed by atoms with Crippen molar-refractivity contribution < 1.29 is 18.3 Å². The molecule has 2 atom stereocenters. The minimum absolute atomic E-state index is 0.0119. The van der Waals surface area contributed by atoms with Gasteiger partial charge in [-0.3, -0.25) is 0 Å². The summed E-state index contributed by atoms with van der Waals surface area (Å²) in [6, 6.07) is 3.19. The highest BCUT2D eigenvalue weighted by Gasteiger charge is 2.25. The van der Waals surface area contributed by atoms with Gasteiger partial charge in [-0.15, -0.1) is 0 Å². The lowest BCUT2D eigenvalue weighted by Gasteiger charge is -2.16. The Bertz CT molecular complexity index is 434. The molecule has 118 valence electrons. The average Bonchev–Trinajstić information content (AvgIpc) is 2.83. The molecule has 5 heteroatoms. The lowest BCUT2D eigenvalue weighted by Crippen LogP contribution is -2.30. The van der Waals surface area contributed by atoms with E-state index in [0.717, 1.165) is 32.0 Å². The monoisotopic (exact) mass is 299 g/mol. The molecule has 1 aromatic rings. The predicted molar refractivity (Wildman–Crippen MR) is 77.5 cm³/mol. The zero-order chi connectivity index (χ0) is 15.2. The van der Waals surface area contributed by atoms with E-state index in [9.17, 15) is 8.78 Å². The highest BCUT2D eigenvalue weighted by molar-refractivity contribution is 5.23. The maximum atomic E-state index is 13.0. The molecular formula is C16H23F2NO2. The third kappa shape index (κ3) is 5.59. The van der Waals surface area contributed by atoms with Gasteiger partial charge in [0.25, 0.3) is 0 Å². The Kier molecular flexibility index (Phi) is 5.94. The van der Waals surface area contributed by atoms with Gasteiger partial charge in [0.1, 0.15) is 24.0 Å². The molecule has 0 spiro atoms. The van der Waals surface area contributed by atoms with Crippen molar-refractivity contribution in [3.05, 3.63) is 29.8 Å². The molecule has 1 heterocycles. The first-order valence-corrected chi connectivity index (χ1v) is 7.48. The van der Waals surface area contributed by atoms with E-state index in [1.165, 1.54) is 12.1 Å². The van der Waals surface area contributed by atoms with Gasteiger partial charge in [-0.05, 0) is 25.3 Å². The van der Waals surface area contributed by atoms with Gasteiger partial charge in [0.2, 0.25) is 0 Å². The van der Waals surface area contributed by atoms with Crippen LogP contribution < -0.4 is 10.1 Å². The Labute approximate surface area is 124 Å². The van der Waals surface area contributed by atoms with Crippen molar-refractivity contribution in [1.82, 2.24) is 5.32 Å². The van der Waals surface area contributed by atoms with Crippen molar-refractivity contribution in [2.45, 2.75) is 38.9 Å². The lowest BCUT2D eigenvalue weighted by atomic mass is 10.2. The first-order valence-electron chi connectivity index (χ1n) is 7.48. The third-order valence-electron chi connectivity index (χ3n) is 3.39. The summed E-state index contributed by atoms with van der Waals surface area (Å²) in [5, 5.41) is 3.37. The van der Waals surface area contributed by atoms with Gasteiger partial charge in [0.05, 0.1) is 12.2 Å². The molecule has 1 aliphatic rings. The highest BCUT2D eigenvalue weighted by atomic mass is 19.1. The number of nitrogens with one attached hydrogen (secondary N) is 1. The SMILES string of the molecule is CC(C)CNCC1CCC(COc2cc(F)cc(F)c2)O1. The van der Waals surface area contributed by atoms with Gasteiger partial charge >= 0.3 is 0 Å². The van der Waals surface area contributed by atoms with Gasteiger partial charge in [0.15, 0.2) is 0 Å². The third-order valence-corrected chi connectivity index (χ3v) is 3.39.